The molecule has 108 valence electrons. The van der Waals surface area contributed by atoms with Crippen LogP contribution in [0, 0.1) is 0 Å². The van der Waals surface area contributed by atoms with Crippen LogP contribution >= 0.6 is 0 Å². The van der Waals surface area contributed by atoms with Crippen LogP contribution < -0.4 is 16.0 Å². The number of amides is 2. The number of aryl methyl sites for hydroxylation is 1. The molecule has 0 saturated carbocycles. The van der Waals surface area contributed by atoms with E-state index in [0.717, 1.165) is 24.1 Å². The zero-order chi connectivity index (χ0) is 14.4. The normalized spacial score (nSPS) is 17.9. The van der Waals surface area contributed by atoms with E-state index in [1.54, 1.807) is 0 Å². The molecule has 1 unspecified atom stereocenters. The fourth-order valence-electron chi connectivity index (χ4n) is 2.35. The molecule has 5 heteroatoms. The Bertz CT molecular complexity index is 488. The molecule has 0 aliphatic carbocycles. The van der Waals surface area contributed by atoms with E-state index in [1.807, 2.05) is 31.2 Å². The highest BCUT2D eigenvalue weighted by atomic mass is 16.2. The topological polar surface area (TPSA) is 70.2 Å². The first kappa shape index (κ1) is 14.5. The van der Waals surface area contributed by atoms with Gasteiger partial charge in [-0.3, -0.25) is 9.59 Å². The molecular formula is C15H21N3O2. The summed E-state index contributed by atoms with van der Waals surface area (Å²) in [7, 11) is 0. The predicted octanol–water partition coefficient (Wildman–Crippen LogP) is 1.06. The van der Waals surface area contributed by atoms with Crippen LogP contribution in [-0.2, 0) is 16.0 Å². The average Bonchev–Trinajstić information content (AvgIpc) is 2.59. The highest BCUT2D eigenvalue weighted by Gasteiger charge is 2.22. The van der Waals surface area contributed by atoms with Crippen LogP contribution in [-0.4, -0.2) is 30.9 Å². The summed E-state index contributed by atoms with van der Waals surface area (Å²) in [6.07, 6.45) is 2.00. The largest absolute Gasteiger partial charge is 0.356 e. The molecule has 1 aliphatic heterocycles. The van der Waals surface area contributed by atoms with Crippen molar-refractivity contribution in [3.63, 3.8) is 0 Å². The molecule has 20 heavy (non-hydrogen) atoms. The Kier molecular flexibility index (Phi) is 5.12. The standard InChI is InChI=1S/C15H21N3O2/c1-2-16-14(19)9-10-17-13-8-7-11-5-3-4-6-12(11)18-15(13)20/h3-6,13,17H,2,7-10H2,1H3,(H,16,19)(H,18,20). The number of benzene rings is 1. The third-order valence-electron chi connectivity index (χ3n) is 3.41. The number of fused-ring (bicyclic) bond motifs is 1. The smallest absolute Gasteiger partial charge is 0.241 e. The van der Waals surface area contributed by atoms with Crippen molar-refractivity contribution in [3.8, 4) is 0 Å². The van der Waals surface area contributed by atoms with Gasteiger partial charge in [0.2, 0.25) is 11.8 Å². The lowest BCUT2D eigenvalue weighted by molar-refractivity contribution is -0.121. The second-order valence-electron chi connectivity index (χ2n) is 4.90. The lowest BCUT2D eigenvalue weighted by Crippen LogP contribution is -2.41. The van der Waals surface area contributed by atoms with Crippen LogP contribution in [0.5, 0.6) is 0 Å². The Morgan fingerprint density at radius 3 is 3.00 bits per heavy atom. The van der Waals surface area contributed by atoms with E-state index in [0.29, 0.717) is 19.5 Å². The van der Waals surface area contributed by atoms with E-state index in [2.05, 4.69) is 16.0 Å². The molecule has 0 aromatic heterocycles. The van der Waals surface area contributed by atoms with Gasteiger partial charge in [-0.2, -0.15) is 0 Å². The number of carbonyl (C=O) groups is 2. The van der Waals surface area contributed by atoms with Gasteiger partial charge in [0.25, 0.3) is 0 Å². The molecule has 1 aromatic carbocycles. The summed E-state index contributed by atoms with van der Waals surface area (Å²) in [5.74, 6) is -0.0110. The van der Waals surface area contributed by atoms with Crippen molar-refractivity contribution in [2.75, 3.05) is 18.4 Å². The first-order valence-electron chi connectivity index (χ1n) is 7.09. The van der Waals surface area contributed by atoms with E-state index in [4.69, 9.17) is 0 Å². The van der Waals surface area contributed by atoms with Crippen LogP contribution in [0.2, 0.25) is 0 Å². The van der Waals surface area contributed by atoms with Crippen LogP contribution in [0.4, 0.5) is 5.69 Å². The molecule has 3 N–H and O–H groups in total. The van der Waals surface area contributed by atoms with Gasteiger partial charge in [-0.1, -0.05) is 18.2 Å². The van der Waals surface area contributed by atoms with E-state index in [1.165, 1.54) is 0 Å². The molecule has 1 atom stereocenters. The molecule has 0 spiro atoms. The number of para-hydroxylation sites is 1. The quantitative estimate of drug-likeness (QED) is 0.752. The maximum absolute atomic E-state index is 12.1. The molecule has 2 amide bonds. The summed E-state index contributed by atoms with van der Waals surface area (Å²) in [4.78, 5) is 23.5. The van der Waals surface area contributed by atoms with Crippen LogP contribution in [0.3, 0.4) is 0 Å². The monoisotopic (exact) mass is 275 g/mol. The molecular weight excluding hydrogens is 254 g/mol. The third-order valence-corrected chi connectivity index (χ3v) is 3.41. The third kappa shape index (κ3) is 3.81. The number of hydrogen-bond donors (Lipinski definition) is 3. The van der Waals surface area contributed by atoms with E-state index in [-0.39, 0.29) is 17.9 Å². The van der Waals surface area contributed by atoms with Gasteiger partial charge in [0.05, 0.1) is 6.04 Å². The van der Waals surface area contributed by atoms with Crippen molar-refractivity contribution >= 4 is 17.5 Å². The fraction of sp³-hybridized carbons (Fsp3) is 0.467. The molecule has 1 heterocycles. The second-order valence-corrected chi connectivity index (χ2v) is 4.90. The highest BCUT2D eigenvalue weighted by molar-refractivity contribution is 5.96. The Balaban J connectivity index is 1.86. The molecule has 1 aromatic rings. The number of nitrogens with one attached hydrogen (secondary N) is 3. The van der Waals surface area contributed by atoms with Gasteiger partial charge < -0.3 is 16.0 Å². The lowest BCUT2D eigenvalue weighted by Gasteiger charge is -2.14. The Hall–Kier alpha value is -1.88. The van der Waals surface area contributed by atoms with Gasteiger partial charge in [-0.15, -0.1) is 0 Å². The van der Waals surface area contributed by atoms with E-state index < -0.39 is 0 Å². The Morgan fingerprint density at radius 1 is 1.40 bits per heavy atom. The van der Waals surface area contributed by atoms with Crippen molar-refractivity contribution in [1.29, 1.82) is 0 Å². The van der Waals surface area contributed by atoms with Gasteiger partial charge in [-0.05, 0) is 31.4 Å². The first-order chi connectivity index (χ1) is 9.70. The number of rotatable bonds is 5. The van der Waals surface area contributed by atoms with Crippen LogP contribution in [0.15, 0.2) is 24.3 Å². The van der Waals surface area contributed by atoms with Crippen molar-refractivity contribution in [2.45, 2.75) is 32.2 Å². The van der Waals surface area contributed by atoms with Crippen LogP contribution in [0.25, 0.3) is 0 Å². The predicted molar refractivity (Wildman–Crippen MR) is 78.5 cm³/mol. The number of hydrogen-bond acceptors (Lipinski definition) is 3. The van der Waals surface area contributed by atoms with Gasteiger partial charge in [0, 0.05) is 25.2 Å². The zero-order valence-corrected chi connectivity index (χ0v) is 11.7. The van der Waals surface area contributed by atoms with Gasteiger partial charge in [0.15, 0.2) is 0 Å². The van der Waals surface area contributed by atoms with E-state index >= 15 is 0 Å². The molecule has 1 aliphatic rings. The summed E-state index contributed by atoms with van der Waals surface area (Å²) in [6, 6.07) is 7.61. The minimum absolute atomic E-state index is 0.0114. The number of carbonyl (C=O) groups excluding carboxylic acids is 2. The second kappa shape index (κ2) is 7.05. The van der Waals surface area contributed by atoms with Crippen LogP contribution in [0.1, 0.15) is 25.3 Å². The molecule has 2 rings (SSSR count). The Morgan fingerprint density at radius 2 is 2.20 bits per heavy atom. The summed E-state index contributed by atoms with van der Waals surface area (Å²) in [6.45, 7) is 3.04. The summed E-state index contributed by atoms with van der Waals surface area (Å²) >= 11 is 0. The molecule has 0 saturated heterocycles. The maximum Gasteiger partial charge on any atom is 0.241 e. The summed E-state index contributed by atoms with van der Waals surface area (Å²) < 4.78 is 0. The fourth-order valence-corrected chi connectivity index (χ4v) is 2.35. The first-order valence-corrected chi connectivity index (χ1v) is 7.09. The minimum Gasteiger partial charge on any atom is -0.356 e. The van der Waals surface area contributed by atoms with Gasteiger partial charge in [0.1, 0.15) is 0 Å². The maximum atomic E-state index is 12.1. The lowest BCUT2D eigenvalue weighted by atomic mass is 10.1. The Labute approximate surface area is 119 Å². The number of anilines is 1. The average molecular weight is 275 g/mol. The highest BCUT2D eigenvalue weighted by Crippen LogP contribution is 2.21. The molecule has 5 nitrogen and oxygen atoms in total. The van der Waals surface area contributed by atoms with Crippen molar-refractivity contribution in [2.24, 2.45) is 0 Å². The van der Waals surface area contributed by atoms with Gasteiger partial charge in [-0.25, -0.2) is 0 Å². The van der Waals surface area contributed by atoms with E-state index in [9.17, 15) is 9.59 Å². The zero-order valence-electron chi connectivity index (χ0n) is 11.7. The summed E-state index contributed by atoms with van der Waals surface area (Å²) in [5.41, 5.74) is 2.06. The SMILES string of the molecule is CCNC(=O)CCNC1CCc2ccccc2NC1=O. The summed E-state index contributed by atoms with van der Waals surface area (Å²) in [5, 5.41) is 8.84. The molecule has 0 fully saturated rings. The van der Waals surface area contributed by atoms with Crippen molar-refractivity contribution < 1.29 is 9.59 Å². The van der Waals surface area contributed by atoms with Crippen molar-refractivity contribution in [1.82, 2.24) is 10.6 Å². The minimum atomic E-state index is -0.239. The molecule has 0 radical (unpaired) electrons. The van der Waals surface area contributed by atoms with Crippen molar-refractivity contribution in [3.05, 3.63) is 29.8 Å². The molecule has 0 bridgehead atoms. The van der Waals surface area contributed by atoms with Gasteiger partial charge >= 0.3 is 0 Å².